The summed E-state index contributed by atoms with van der Waals surface area (Å²) in [6.45, 7) is 5.94. The van der Waals surface area contributed by atoms with E-state index < -0.39 is 0 Å². The lowest BCUT2D eigenvalue weighted by Gasteiger charge is -2.09. The zero-order valence-electron chi connectivity index (χ0n) is 11.2. The van der Waals surface area contributed by atoms with Gasteiger partial charge in [0, 0.05) is 12.2 Å². The molecule has 2 N–H and O–H groups in total. The van der Waals surface area contributed by atoms with Crippen LogP contribution >= 0.6 is 24.0 Å². The van der Waals surface area contributed by atoms with E-state index in [1.54, 1.807) is 6.20 Å². The van der Waals surface area contributed by atoms with Gasteiger partial charge in [-0.15, -0.1) is 24.0 Å². The molecule has 0 aliphatic rings. The van der Waals surface area contributed by atoms with Gasteiger partial charge in [-0.3, -0.25) is 9.89 Å². The van der Waals surface area contributed by atoms with Crippen LogP contribution in [0.2, 0.25) is 0 Å². The average Bonchev–Trinajstić information content (AvgIpc) is 2.93. The van der Waals surface area contributed by atoms with E-state index in [2.05, 4.69) is 28.1 Å². The van der Waals surface area contributed by atoms with E-state index in [1.165, 1.54) is 11.3 Å². The summed E-state index contributed by atoms with van der Waals surface area (Å²) < 4.78 is 0.750. The monoisotopic (exact) mass is 295 g/mol. The lowest BCUT2D eigenvalue weighted by Crippen LogP contribution is -2.30. The largest absolute Gasteiger partial charge is 0.350 e. The van der Waals surface area contributed by atoms with E-state index in [0.717, 1.165) is 26.8 Å². The van der Waals surface area contributed by atoms with Gasteiger partial charge in [-0.25, -0.2) is 0 Å². The molecular formula is C13H17N3OS2. The first-order valence-electron chi connectivity index (χ1n) is 6.19. The molecule has 0 aliphatic carbocycles. The summed E-state index contributed by atoms with van der Waals surface area (Å²) in [5, 5.41) is 9.83. The number of nitrogens with zero attached hydrogens (tertiary/aromatic N) is 1. The number of nitrogens with one attached hydrogen (secondary N) is 2. The fourth-order valence-corrected chi connectivity index (χ4v) is 3.57. The molecule has 19 heavy (non-hydrogen) atoms. The molecule has 2 aromatic rings. The molecule has 0 saturated heterocycles. The van der Waals surface area contributed by atoms with E-state index in [0.29, 0.717) is 5.56 Å². The molecule has 2 heterocycles. The predicted octanol–water partition coefficient (Wildman–Crippen LogP) is 3.13. The molecule has 0 saturated carbocycles. The van der Waals surface area contributed by atoms with Crippen molar-refractivity contribution in [2.45, 2.75) is 37.4 Å². The number of carbonyl (C=O) groups excluding carboxylic acids is 1. The second-order valence-corrected chi connectivity index (χ2v) is 6.31. The number of hydrogen-bond donors (Lipinski definition) is 3. The fourth-order valence-electron chi connectivity index (χ4n) is 1.96. The third-order valence-electron chi connectivity index (χ3n) is 2.73. The maximum atomic E-state index is 12.3. The third kappa shape index (κ3) is 2.84. The Morgan fingerprint density at radius 2 is 2.32 bits per heavy atom. The molecule has 4 nitrogen and oxygen atoms in total. The van der Waals surface area contributed by atoms with Crippen molar-refractivity contribution in [3.63, 3.8) is 0 Å². The number of aromatic nitrogens is 2. The van der Waals surface area contributed by atoms with Crippen molar-refractivity contribution in [2.24, 2.45) is 0 Å². The van der Waals surface area contributed by atoms with Crippen LogP contribution in [0.5, 0.6) is 0 Å². The molecule has 0 bridgehead atoms. The van der Waals surface area contributed by atoms with E-state index in [4.69, 9.17) is 0 Å². The van der Waals surface area contributed by atoms with Gasteiger partial charge in [-0.1, -0.05) is 6.92 Å². The lowest BCUT2D eigenvalue weighted by molar-refractivity contribution is 0.0940. The number of rotatable bonds is 4. The molecule has 0 atom stereocenters. The summed E-state index contributed by atoms with van der Waals surface area (Å²) in [5.74, 6) is -0.0566. The van der Waals surface area contributed by atoms with Crippen LogP contribution in [-0.4, -0.2) is 22.1 Å². The van der Waals surface area contributed by atoms with Crippen LogP contribution in [0.1, 0.15) is 36.7 Å². The molecule has 0 radical (unpaired) electrons. The minimum absolute atomic E-state index is 0.0566. The molecule has 2 rings (SSSR count). The normalized spacial score (nSPS) is 11.0. The van der Waals surface area contributed by atoms with Crippen LogP contribution in [0.4, 0.5) is 0 Å². The molecule has 2 aromatic heterocycles. The van der Waals surface area contributed by atoms with E-state index in [9.17, 15) is 4.79 Å². The van der Waals surface area contributed by atoms with Crippen LogP contribution in [0.3, 0.4) is 0 Å². The maximum absolute atomic E-state index is 12.3. The number of carbonyl (C=O) groups is 1. The second-order valence-electron chi connectivity index (χ2n) is 4.54. The number of aromatic amines is 1. The van der Waals surface area contributed by atoms with Crippen molar-refractivity contribution in [3.05, 3.63) is 23.4 Å². The summed E-state index contributed by atoms with van der Waals surface area (Å²) in [6.07, 6.45) is 2.49. The number of H-pyrrole nitrogens is 1. The van der Waals surface area contributed by atoms with Crippen LogP contribution in [0.25, 0.3) is 10.6 Å². The first-order chi connectivity index (χ1) is 9.04. The Labute approximate surface area is 122 Å². The fraction of sp³-hybridized carbons (Fsp3) is 0.385. The minimum Gasteiger partial charge on any atom is -0.350 e. The van der Waals surface area contributed by atoms with Crippen LogP contribution < -0.4 is 5.32 Å². The Balaban J connectivity index is 2.47. The Morgan fingerprint density at radius 1 is 1.58 bits per heavy atom. The van der Waals surface area contributed by atoms with Crippen molar-refractivity contribution < 1.29 is 4.79 Å². The predicted molar refractivity (Wildman–Crippen MR) is 81.1 cm³/mol. The highest BCUT2D eigenvalue weighted by Crippen LogP contribution is 2.38. The Kier molecular flexibility index (Phi) is 4.31. The van der Waals surface area contributed by atoms with Gasteiger partial charge >= 0.3 is 0 Å². The van der Waals surface area contributed by atoms with Gasteiger partial charge < -0.3 is 5.32 Å². The topological polar surface area (TPSA) is 57.8 Å². The second kappa shape index (κ2) is 5.79. The molecule has 102 valence electrons. The standard InChI is InChI=1S/C13H17N3OS2/c1-4-8-10(12(17)15-7(2)3)13(18)19-11(8)9-5-6-14-16-9/h5-7,18H,4H2,1-3H3,(H,14,16)(H,15,17). The molecule has 0 aromatic carbocycles. The highest BCUT2D eigenvalue weighted by molar-refractivity contribution is 7.83. The zero-order chi connectivity index (χ0) is 14.0. The molecule has 0 spiro atoms. The molecular weight excluding hydrogens is 278 g/mol. The quantitative estimate of drug-likeness (QED) is 0.759. The Morgan fingerprint density at radius 3 is 2.84 bits per heavy atom. The molecule has 1 amide bonds. The Hall–Kier alpha value is -1.27. The summed E-state index contributed by atoms with van der Waals surface area (Å²) in [4.78, 5) is 13.3. The zero-order valence-corrected chi connectivity index (χ0v) is 12.9. The third-order valence-corrected chi connectivity index (χ3v) is 4.30. The molecule has 6 heteroatoms. The van der Waals surface area contributed by atoms with Gasteiger partial charge in [0.25, 0.3) is 5.91 Å². The van der Waals surface area contributed by atoms with Crippen molar-refractivity contribution in [3.8, 4) is 10.6 Å². The number of hydrogen-bond acceptors (Lipinski definition) is 4. The summed E-state index contributed by atoms with van der Waals surface area (Å²) in [7, 11) is 0. The van der Waals surface area contributed by atoms with Crippen LogP contribution in [0, 0.1) is 0 Å². The van der Waals surface area contributed by atoms with Gasteiger partial charge in [0.05, 0.1) is 20.3 Å². The van der Waals surface area contributed by atoms with Crippen LogP contribution in [0.15, 0.2) is 16.5 Å². The Bertz CT molecular complexity index is 573. The summed E-state index contributed by atoms with van der Waals surface area (Å²) in [6, 6.07) is 2.02. The lowest BCUT2D eigenvalue weighted by atomic mass is 10.1. The summed E-state index contributed by atoms with van der Waals surface area (Å²) >= 11 is 5.97. The van der Waals surface area contributed by atoms with Gasteiger partial charge in [0.1, 0.15) is 0 Å². The van der Waals surface area contributed by atoms with Crippen molar-refractivity contribution >= 4 is 29.9 Å². The van der Waals surface area contributed by atoms with Crippen molar-refractivity contribution in [1.82, 2.24) is 15.5 Å². The van der Waals surface area contributed by atoms with Gasteiger partial charge in [-0.2, -0.15) is 5.10 Å². The number of amides is 1. The highest BCUT2D eigenvalue weighted by atomic mass is 32.2. The van der Waals surface area contributed by atoms with E-state index in [-0.39, 0.29) is 11.9 Å². The first kappa shape index (κ1) is 14.1. The SMILES string of the molecule is CCc1c(-c2ccn[nH]2)sc(S)c1C(=O)NC(C)C. The van der Waals surface area contributed by atoms with E-state index >= 15 is 0 Å². The molecule has 0 fully saturated rings. The first-order valence-corrected chi connectivity index (χ1v) is 7.46. The molecule has 0 aliphatic heterocycles. The van der Waals surface area contributed by atoms with Crippen molar-refractivity contribution in [1.29, 1.82) is 0 Å². The summed E-state index contributed by atoms with van der Waals surface area (Å²) in [5.41, 5.74) is 2.65. The minimum atomic E-state index is -0.0566. The smallest absolute Gasteiger partial charge is 0.253 e. The van der Waals surface area contributed by atoms with Crippen molar-refractivity contribution in [2.75, 3.05) is 0 Å². The number of thiophene rings is 1. The van der Waals surface area contributed by atoms with Crippen LogP contribution in [-0.2, 0) is 6.42 Å². The average molecular weight is 295 g/mol. The number of thiol groups is 1. The van der Waals surface area contributed by atoms with Gasteiger partial charge in [0.15, 0.2) is 0 Å². The highest BCUT2D eigenvalue weighted by Gasteiger charge is 2.22. The van der Waals surface area contributed by atoms with Gasteiger partial charge in [-0.05, 0) is 31.9 Å². The van der Waals surface area contributed by atoms with Gasteiger partial charge in [0.2, 0.25) is 0 Å². The van der Waals surface area contributed by atoms with E-state index in [1.807, 2.05) is 26.8 Å². The molecule has 0 unspecified atom stereocenters. The maximum Gasteiger partial charge on any atom is 0.253 e.